The summed E-state index contributed by atoms with van der Waals surface area (Å²) in [7, 11) is 1.53. The molecular formula is C13H25NO3. The molecule has 1 unspecified atom stereocenters. The van der Waals surface area contributed by atoms with Gasteiger partial charge in [0.1, 0.15) is 0 Å². The van der Waals surface area contributed by atoms with E-state index >= 15 is 0 Å². The van der Waals surface area contributed by atoms with Crippen LogP contribution in [0.15, 0.2) is 0 Å². The molecule has 100 valence electrons. The van der Waals surface area contributed by atoms with E-state index in [0.29, 0.717) is 6.42 Å². The first kappa shape index (κ1) is 14.5. The molecule has 1 rings (SSSR count). The van der Waals surface area contributed by atoms with Crippen LogP contribution >= 0.6 is 0 Å². The Morgan fingerprint density at radius 1 is 1.47 bits per heavy atom. The van der Waals surface area contributed by atoms with Crippen LogP contribution in [0.3, 0.4) is 0 Å². The Kier molecular flexibility index (Phi) is 7.21. The van der Waals surface area contributed by atoms with Crippen molar-refractivity contribution in [2.24, 2.45) is 5.92 Å². The van der Waals surface area contributed by atoms with E-state index in [9.17, 15) is 9.90 Å². The monoisotopic (exact) mass is 243 g/mol. The van der Waals surface area contributed by atoms with Crippen LogP contribution in [0.2, 0.25) is 0 Å². The van der Waals surface area contributed by atoms with Crippen molar-refractivity contribution in [2.45, 2.75) is 51.0 Å². The molecule has 4 heteroatoms. The van der Waals surface area contributed by atoms with Gasteiger partial charge in [-0.15, -0.1) is 0 Å². The molecule has 0 spiro atoms. The van der Waals surface area contributed by atoms with Gasteiger partial charge in [0.05, 0.1) is 12.7 Å². The maximum absolute atomic E-state index is 11.5. The standard InChI is InChI=1S/C13H25NO3/c1-17-10-12(15)9-14-13(16)8-4-7-11-5-2-3-6-11/h11-12,15H,2-10H2,1H3,(H,14,16). The third kappa shape index (κ3) is 6.64. The van der Waals surface area contributed by atoms with Gasteiger partial charge in [-0.25, -0.2) is 0 Å². The molecule has 0 bridgehead atoms. The molecule has 0 saturated heterocycles. The third-order valence-corrected chi connectivity index (χ3v) is 3.38. The fourth-order valence-corrected chi connectivity index (χ4v) is 2.42. The molecule has 0 radical (unpaired) electrons. The fourth-order valence-electron chi connectivity index (χ4n) is 2.42. The lowest BCUT2D eigenvalue weighted by Gasteiger charge is -2.11. The highest BCUT2D eigenvalue weighted by molar-refractivity contribution is 5.75. The molecular weight excluding hydrogens is 218 g/mol. The van der Waals surface area contributed by atoms with Crippen molar-refractivity contribution in [2.75, 3.05) is 20.3 Å². The van der Waals surface area contributed by atoms with Crippen LogP contribution < -0.4 is 5.32 Å². The summed E-state index contributed by atoms with van der Waals surface area (Å²) in [6.45, 7) is 0.554. The molecule has 1 fully saturated rings. The maximum atomic E-state index is 11.5. The average Bonchev–Trinajstić information content (AvgIpc) is 2.80. The van der Waals surface area contributed by atoms with E-state index in [-0.39, 0.29) is 19.1 Å². The van der Waals surface area contributed by atoms with Crippen molar-refractivity contribution in [3.05, 3.63) is 0 Å². The van der Waals surface area contributed by atoms with Crippen LogP contribution in [0.1, 0.15) is 44.9 Å². The van der Waals surface area contributed by atoms with Crippen LogP contribution in [0.25, 0.3) is 0 Å². The van der Waals surface area contributed by atoms with E-state index in [2.05, 4.69) is 5.32 Å². The highest BCUT2D eigenvalue weighted by atomic mass is 16.5. The number of carbonyl (C=O) groups is 1. The summed E-state index contributed by atoms with van der Waals surface area (Å²) in [5.74, 6) is 0.889. The topological polar surface area (TPSA) is 58.6 Å². The summed E-state index contributed by atoms with van der Waals surface area (Å²) in [4.78, 5) is 11.5. The molecule has 4 nitrogen and oxygen atoms in total. The van der Waals surface area contributed by atoms with Gasteiger partial charge in [0.15, 0.2) is 0 Å². The SMILES string of the molecule is COCC(O)CNC(=O)CCCC1CCCC1. The summed E-state index contributed by atoms with van der Waals surface area (Å²) < 4.78 is 4.78. The molecule has 1 saturated carbocycles. The first-order valence-corrected chi connectivity index (χ1v) is 6.66. The third-order valence-electron chi connectivity index (χ3n) is 3.38. The lowest BCUT2D eigenvalue weighted by molar-refractivity contribution is -0.121. The summed E-state index contributed by atoms with van der Waals surface area (Å²) in [6, 6.07) is 0. The van der Waals surface area contributed by atoms with Crippen LogP contribution in [0.5, 0.6) is 0 Å². The first-order chi connectivity index (χ1) is 8.22. The zero-order valence-corrected chi connectivity index (χ0v) is 10.8. The molecule has 0 aromatic carbocycles. The molecule has 0 aromatic rings. The van der Waals surface area contributed by atoms with Crippen LogP contribution in [-0.2, 0) is 9.53 Å². The molecule has 0 aliphatic heterocycles. The van der Waals surface area contributed by atoms with E-state index < -0.39 is 6.10 Å². The molecule has 1 aliphatic carbocycles. The normalized spacial score (nSPS) is 18.2. The minimum atomic E-state index is -0.598. The molecule has 0 heterocycles. The average molecular weight is 243 g/mol. The van der Waals surface area contributed by atoms with Crippen molar-refractivity contribution >= 4 is 5.91 Å². The van der Waals surface area contributed by atoms with Gasteiger partial charge >= 0.3 is 0 Å². The van der Waals surface area contributed by atoms with E-state index in [0.717, 1.165) is 12.3 Å². The zero-order chi connectivity index (χ0) is 12.5. The van der Waals surface area contributed by atoms with Crippen molar-refractivity contribution < 1.29 is 14.6 Å². The Labute approximate surface area is 104 Å². The number of aliphatic hydroxyl groups excluding tert-OH is 1. The summed E-state index contributed by atoms with van der Waals surface area (Å²) in [5, 5.41) is 12.1. The van der Waals surface area contributed by atoms with Gasteiger partial charge in [-0.05, 0) is 18.8 Å². The van der Waals surface area contributed by atoms with Gasteiger partial charge in [-0.2, -0.15) is 0 Å². The number of amides is 1. The second kappa shape index (κ2) is 8.48. The number of hydrogen-bond acceptors (Lipinski definition) is 3. The second-order valence-electron chi connectivity index (χ2n) is 4.96. The van der Waals surface area contributed by atoms with Crippen LogP contribution in [0, 0.1) is 5.92 Å². The maximum Gasteiger partial charge on any atom is 0.220 e. The fraction of sp³-hybridized carbons (Fsp3) is 0.923. The zero-order valence-electron chi connectivity index (χ0n) is 10.8. The van der Waals surface area contributed by atoms with Crippen LogP contribution in [-0.4, -0.2) is 37.4 Å². The smallest absolute Gasteiger partial charge is 0.220 e. The lowest BCUT2D eigenvalue weighted by Crippen LogP contribution is -2.34. The minimum absolute atomic E-state index is 0.0400. The van der Waals surface area contributed by atoms with Crippen molar-refractivity contribution in [1.29, 1.82) is 0 Å². The first-order valence-electron chi connectivity index (χ1n) is 6.66. The van der Waals surface area contributed by atoms with Crippen LogP contribution in [0.4, 0.5) is 0 Å². The molecule has 1 aliphatic rings. The second-order valence-corrected chi connectivity index (χ2v) is 4.96. The molecule has 0 aromatic heterocycles. The quantitative estimate of drug-likeness (QED) is 0.678. The molecule has 1 atom stereocenters. The van der Waals surface area contributed by atoms with Gasteiger partial charge in [0.25, 0.3) is 0 Å². The molecule has 1 amide bonds. The van der Waals surface area contributed by atoms with Gasteiger partial charge in [-0.1, -0.05) is 25.7 Å². The van der Waals surface area contributed by atoms with E-state index in [1.54, 1.807) is 0 Å². The van der Waals surface area contributed by atoms with Gasteiger partial charge in [0.2, 0.25) is 5.91 Å². The summed E-state index contributed by atoms with van der Waals surface area (Å²) >= 11 is 0. The van der Waals surface area contributed by atoms with Gasteiger partial charge in [0, 0.05) is 20.1 Å². The summed E-state index contributed by atoms with van der Waals surface area (Å²) in [6.07, 6.45) is 7.53. The Hall–Kier alpha value is -0.610. The number of rotatable bonds is 8. The largest absolute Gasteiger partial charge is 0.389 e. The molecule has 17 heavy (non-hydrogen) atoms. The predicted octanol–water partition coefficient (Wildman–Crippen LogP) is 1.47. The van der Waals surface area contributed by atoms with Crippen molar-refractivity contribution in [1.82, 2.24) is 5.32 Å². The van der Waals surface area contributed by atoms with E-state index in [1.807, 2.05) is 0 Å². The highest BCUT2D eigenvalue weighted by Crippen LogP contribution is 2.28. The highest BCUT2D eigenvalue weighted by Gasteiger charge is 2.15. The Morgan fingerprint density at radius 2 is 2.18 bits per heavy atom. The van der Waals surface area contributed by atoms with Crippen molar-refractivity contribution in [3.8, 4) is 0 Å². The Balaban J connectivity index is 1.96. The number of methoxy groups -OCH3 is 1. The number of aliphatic hydroxyl groups is 1. The van der Waals surface area contributed by atoms with Gasteiger partial charge in [-0.3, -0.25) is 4.79 Å². The number of carbonyl (C=O) groups excluding carboxylic acids is 1. The summed E-state index contributed by atoms with van der Waals surface area (Å²) in [5.41, 5.74) is 0. The number of ether oxygens (including phenoxy) is 1. The predicted molar refractivity (Wildman–Crippen MR) is 66.7 cm³/mol. The minimum Gasteiger partial charge on any atom is -0.389 e. The Bertz CT molecular complexity index is 215. The Morgan fingerprint density at radius 3 is 2.82 bits per heavy atom. The van der Waals surface area contributed by atoms with Gasteiger partial charge < -0.3 is 15.2 Å². The number of nitrogens with one attached hydrogen (secondary N) is 1. The molecule has 2 N–H and O–H groups in total. The lowest BCUT2D eigenvalue weighted by atomic mass is 10.0. The van der Waals surface area contributed by atoms with Crippen molar-refractivity contribution in [3.63, 3.8) is 0 Å². The van der Waals surface area contributed by atoms with E-state index in [4.69, 9.17) is 4.74 Å². The number of hydrogen-bond donors (Lipinski definition) is 2. The van der Waals surface area contributed by atoms with E-state index in [1.165, 1.54) is 39.2 Å².